The summed E-state index contributed by atoms with van der Waals surface area (Å²) in [6.07, 6.45) is 1.50. The molecule has 2 aliphatic rings. The van der Waals surface area contributed by atoms with E-state index in [1.165, 1.54) is 22.7 Å². The molecule has 3 heterocycles. The molecule has 48 heavy (non-hydrogen) atoms. The number of carbonyl (C=O) groups is 2. The van der Waals surface area contributed by atoms with Crippen molar-refractivity contribution in [2.24, 2.45) is 5.92 Å². The molecule has 6 rings (SSSR count). The zero-order valence-electron chi connectivity index (χ0n) is 27.1. The fourth-order valence-electron chi connectivity index (χ4n) is 5.67. The minimum Gasteiger partial charge on any atom is -0.507 e. The smallest absolute Gasteiger partial charge is 0.301 e. The number of hydrogen-bond donors (Lipinski definition) is 1. The SMILES string of the molecule is CCOc1cc([C@H]2C(=C(O)c3ccc4c(c3)C[C@@H](C)O4)C(=O)C(=O)N2c2nnc(SCc3ccccc3F)s2)ccc1OCCC(C)C. The molecule has 0 radical (unpaired) electrons. The fraction of sp³-hybridized carbons (Fsp3) is 0.333. The molecule has 1 aromatic heterocycles. The van der Waals surface area contributed by atoms with Crippen LogP contribution in [0.1, 0.15) is 62.4 Å². The summed E-state index contributed by atoms with van der Waals surface area (Å²) in [4.78, 5) is 28.9. The van der Waals surface area contributed by atoms with Crippen LogP contribution in [0.25, 0.3) is 5.76 Å². The molecule has 0 unspecified atom stereocenters. The highest BCUT2D eigenvalue weighted by molar-refractivity contribution is 8.00. The zero-order chi connectivity index (χ0) is 33.9. The maximum atomic E-state index is 14.3. The number of nitrogens with zero attached hydrogens (tertiary/aromatic N) is 3. The van der Waals surface area contributed by atoms with Gasteiger partial charge in [-0.25, -0.2) is 4.39 Å². The molecule has 4 aromatic rings. The quantitative estimate of drug-likeness (QED) is 0.0525. The first-order chi connectivity index (χ1) is 23.1. The number of halogens is 1. The first kappa shape index (κ1) is 33.5. The molecule has 0 spiro atoms. The molecule has 0 bridgehead atoms. The van der Waals surface area contributed by atoms with Gasteiger partial charge in [0.15, 0.2) is 15.8 Å². The second-order valence-electron chi connectivity index (χ2n) is 12.0. The maximum absolute atomic E-state index is 14.3. The molecule has 3 aromatic carbocycles. The van der Waals surface area contributed by atoms with Gasteiger partial charge in [-0.2, -0.15) is 0 Å². The summed E-state index contributed by atoms with van der Waals surface area (Å²) >= 11 is 2.39. The zero-order valence-corrected chi connectivity index (χ0v) is 28.7. The number of amides is 1. The van der Waals surface area contributed by atoms with Crippen LogP contribution in [0, 0.1) is 11.7 Å². The largest absolute Gasteiger partial charge is 0.507 e. The van der Waals surface area contributed by atoms with Crippen LogP contribution in [0.2, 0.25) is 0 Å². The van der Waals surface area contributed by atoms with Gasteiger partial charge in [0.25, 0.3) is 5.78 Å². The lowest BCUT2D eigenvalue weighted by Gasteiger charge is -2.24. The second kappa shape index (κ2) is 14.4. The van der Waals surface area contributed by atoms with Crippen LogP contribution in [0.4, 0.5) is 9.52 Å². The van der Waals surface area contributed by atoms with Crippen LogP contribution in [0.5, 0.6) is 17.2 Å². The number of rotatable bonds is 12. The molecule has 1 saturated heterocycles. The van der Waals surface area contributed by atoms with Gasteiger partial charge in [-0.05, 0) is 79.3 Å². The van der Waals surface area contributed by atoms with E-state index in [1.807, 2.05) is 13.8 Å². The lowest BCUT2D eigenvalue weighted by atomic mass is 9.94. The predicted molar refractivity (Wildman–Crippen MR) is 183 cm³/mol. The summed E-state index contributed by atoms with van der Waals surface area (Å²) in [5.74, 6) is 0.132. The van der Waals surface area contributed by atoms with Crippen LogP contribution >= 0.6 is 23.1 Å². The van der Waals surface area contributed by atoms with Gasteiger partial charge in [0.1, 0.15) is 23.4 Å². The third-order valence-corrected chi connectivity index (χ3v) is 10.2. The predicted octanol–water partition coefficient (Wildman–Crippen LogP) is 7.74. The number of benzene rings is 3. The Morgan fingerprint density at radius 3 is 2.69 bits per heavy atom. The van der Waals surface area contributed by atoms with E-state index in [0.717, 1.165) is 29.1 Å². The number of ether oxygens (including phenoxy) is 3. The van der Waals surface area contributed by atoms with Crippen molar-refractivity contribution in [2.75, 3.05) is 18.1 Å². The topological polar surface area (TPSA) is 111 Å². The molecule has 0 aliphatic carbocycles. The highest BCUT2D eigenvalue weighted by Crippen LogP contribution is 2.46. The van der Waals surface area contributed by atoms with E-state index in [9.17, 15) is 19.1 Å². The van der Waals surface area contributed by atoms with Gasteiger partial charge in [0.05, 0.1) is 24.8 Å². The summed E-state index contributed by atoms with van der Waals surface area (Å²) < 4.78 is 32.6. The van der Waals surface area contributed by atoms with Gasteiger partial charge < -0.3 is 19.3 Å². The summed E-state index contributed by atoms with van der Waals surface area (Å²) in [7, 11) is 0. The Balaban J connectivity index is 1.41. The summed E-state index contributed by atoms with van der Waals surface area (Å²) in [5, 5.41) is 20.4. The highest BCUT2D eigenvalue weighted by atomic mass is 32.2. The van der Waals surface area contributed by atoms with Crippen molar-refractivity contribution in [1.82, 2.24) is 10.2 Å². The summed E-state index contributed by atoms with van der Waals surface area (Å²) in [5.41, 5.74) is 2.24. The third kappa shape index (κ3) is 6.91. The number of thioether (sulfide) groups is 1. The van der Waals surface area contributed by atoms with E-state index >= 15 is 0 Å². The van der Waals surface area contributed by atoms with Crippen molar-refractivity contribution < 1.29 is 33.3 Å². The van der Waals surface area contributed by atoms with E-state index in [2.05, 4.69) is 24.0 Å². The number of aliphatic hydroxyl groups excluding tert-OH is 1. The van der Waals surface area contributed by atoms with Crippen LogP contribution in [0.15, 0.2) is 70.6 Å². The lowest BCUT2D eigenvalue weighted by molar-refractivity contribution is -0.132. The van der Waals surface area contributed by atoms with Crippen molar-refractivity contribution in [1.29, 1.82) is 0 Å². The number of hydrogen-bond acceptors (Lipinski definition) is 10. The molecule has 2 aliphatic heterocycles. The standard InChI is InChI=1S/C36H36FN3O6S2/c1-5-44-29-18-22(10-13-28(29)45-15-14-20(2)3)31-30(32(41)23-11-12-27-25(17-23)16-21(4)46-27)33(42)34(43)40(31)35-38-39-36(48-35)47-19-24-8-6-7-9-26(24)37/h6-13,17-18,20-21,31,41H,5,14-16,19H2,1-4H3/t21-,31+/m1/s1. The van der Waals surface area contributed by atoms with Gasteiger partial charge in [0.2, 0.25) is 5.13 Å². The van der Waals surface area contributed by atoms with E-state index in [0.29, 0.717) is 63.8 Å². The first-order valence-electron chi connectivity index (χ1n) is 15.8. The Hall–Kier alpha value is -4.42. The average Bonchev–Trinajstić information content (AvgIpc) is 3.75. The summed E-state index contributed by atoms with van der Waals surface area (Å²) in [6, 6.07) is 15.9. The molecule has 1 N–H and O–H groups in total. The van der Waals surface area contributed by atoms with E-state index in [4.69, 9.17) is 14.2 Å². The number of Topliss-reactive ketones (excluding diaryl/α,β-unsaturated/α-hetero) is 1. The van der Waals surface area contributed by atoms with Gasteiger partial charge in [0, 0.05) is 17.7 Å². The second-order valence-corrected chi connectivity index (χ2v) is 14.2. The van der Waals surface area contributed by atoms with Crippen molar-refractivity contribution >= 4 is 45.7 Å². The van der Waals surface area contributed by atoms with E-state index in [1.54, 1.807) is 54.6 Å². The highest BCUT2D eigenvalue weighted by Gasteiger charge is 2.48. The number of fused-ring (bicyclic) bond motifs is 1. The summed E-state index contributed by atoms with van der Waals surface area (Å²) in [6.45, 7) is 8.90. The van der Waals surface area contributed by atoms with Crippen molar-refractivity contribution in [3.63, 3.8) is 0 Å². The number of carbonyl (C=O) groups excluding carboxylic acids is 2. The molecular formula is C36H36FN3O6S2. The Labute approximate surface area is 286 Å². The molecule has 1 fully saturated rings. The molecular weight excluding hydrogens is 654 g/mol. The third-order valence-electron chi connectivity index (χ3n) is 8.06. The maximum Gasteiger partial charge on any atom is 0.301 e. The van der Waals surface area contributed by atoms with Crippen molar-refractivity contribution in [2.45, 2.75) is 62.8 Å². The average molecular weight is 690 g/mol. The van der Waals surface area contributed by atoms with E-state index < -0.39 is 17.7 Å². The fourth-order valence-corrected chi connectivity index (χ4v) is 7.52. The first-order valence-corrected chi connectivity index (χ1v) is 17.6. The Kier molecular flexibility index (Phi) is 10.0. The number of aromatic nitrogens is 2. The lowest BCUT2D eigenvalue weighted by Crippen LogP contribution is -2.29. The van der Waals surface area contributed by atoms with Crippen LogP contribution in [-0.4, -0.2) is 46.3 Å². The van der Waals surface area contributed by atoms with Gasteiger partial charge >= 0.3 is 5.91 Å². The normalized spacial score (nSPS) is 18.3. The van der Waals surface area contributed by atoms with Gasteiger partial charge in [-0.1, -0.05) is 61.2 Å². The minimum absolute atomic E-state index is 0.0101. The minimum atomic E-state index is -1.05. The Bertz CT molecular complexity index is 1880. The monoisotopic (exact) mass is 689 g/mol. The van der Waals surface area contributed by atoms with Crippen LogP contribution in [0.3, 0.4) is 0 Å². The van der Waals surface area contributed by atoms with E-state index in [-0.39, 0.29) is 28.4 Å². The molecule has 2 atom stereocenters. The Morgan fingerprint density at radius 2 is 1.92 bits per heavy atom. The van der Waals surface area contributed by atoms with Crippen molar-refractivity contribution in [3.8, 4) is 17.2 Å². The molecule has 9 nitrogen and oxygen atoms in total. The molecule has 1 amide bonds. The molecule has 0 saturated carbocycles. The number of ketones is 1. The Morgan fingerprint density at radius 1 is 1.10 bits per heavy atom. The van der Waals surface area contributed by atoms with Gasteiger partial charge in [-0.15, -0.1) is 10.2 Å². The van der Waals surface area contributed by atoms with Gasteiger partial charge in [-0.3, -0.25) is 14.5 Å². The van der Waals surface area contributed by atoms with Crippen molar-refractivity contribution in [3.05, 3.63) is 94.3 Å². The molecule has 250 valence electrons. The van der Waals surface area contributed by atoms with Crippen LogP contribution in [-0.2, 0) is 21.8 Å². The molecule has 12 heteroatoms. The number of aliphatic hydroxyl groups is 1. The van der Waals surface area contributed by atoms with Crippen LogP contribution < -0.4 is 19.1 Å². The number of anilines is 1.